The molecule has 0 amide bonds. The summed E-state index contributed by atoms with van der Waals surface area (Å²) in [4.78, 5) is 2.71. The van der Waals surface area contributed by atoms with Crippen LogP contribution in [-0.2, 0) is 16.7 Å². The molecule has 1 saturated heterocycles. The van der Waals surface area contributed by atoms with Gasteiger partial charge in [0.25, 0.3) is 0 Å². The van der Waals surface area contributed by atoms with Crippen LogP contribution in [0.4, 0.5) is 0 Å². The van der Waals surface area contributed by atoms with Gasteiger partial charge in [-0.3, -0.25) is 4.90 Å². The first-order valence-corrected chi connectivity index (χ1v) is 11.7. The topological polar surface area (TPSA) is 45.6 Å². The molecule has 3 aromatic carbocycles. The van der Waals surface area contributed by atoms with Gasteiger partial charge in [-0.15, -0.1) is 0 Å². The lowest BCUT2D eigenvalue weighted by atomic mass is 10.2. The zero-order valence-electron chi connectivity index (χ0n) is 17.0. The minimum absolute atomic E-state index is 0.379. The van der Waals surface area contributed by atoms with Crippen LogP contribution in [0.2, 0.25) is 0 Å². The molecule has 0 aliphatic carbocycles. The van der Waals surface area contributed by atoms with Crippen molar-refractivity contribution < 1.29 is 8.42 Å². The number of aromatic nitrogens is 1. The Morgan fingerprint density at radius 1 is 0.733 bits per heavy atom. The van der Waals surface area contributed by atoms with Crippen LogP contribution in [0.25, 0.3) is 21.8 Å². The van der Waals surface area contributed by atoms with Gasteiger partial charge >= 0.3 is 0 Å². The Morgan fingerprint density at radius 2 is 1.27 bits per heavy atom. The van der Waals surface area contributed by atoms with Gasteiger partial charge in [0.1, 0.15) is 0 Å². The zero-order chi connectivity index (χ0) is 20.7. The monoisotopic (exact) mass is 419 g/mol. The van der Waals surface area contributed by atoms with Gasteiger partial charge in [-0.05, 0) is 31.2 Å². The van der Waals surface area contributed by atoms with Crippen LogP contribution in [-0.4, -0.2) is 48.4 Å². The van der Waals surface area contributed by atoms with Crippen LogP contribution < -0.4 is 0 Å². The summed E-state index contributed by atoms with van der Waals surface area (Å²) in [6, 6.07) is 24.1. The smallest absolute Gasteiger partial charge is 0.243 e. The lowest BCUT2D eigenvalue weighted by molar-refractivity contribution is 0.156. The minimum atomic E-state index is -3.43. The predicted molar refractivity (Wildman–Crippen MR) is 121 cm³/mol. The molecule has 4 aromatic rings. The van der Waals surface area contributed by atoms with Crippen molar-refractivity contribution in [1.82, 2.24) is 13.8 Å². The summed E-state index contributed by atoms with van der Waals surface area (Å²) in [5, 5.41) is 2.52. The number of aryl methyl sites for hydroxylation is 1. The molecule has 1 aliphatic heterocycles. The summed E-state index contributed by atoms with van der Waals surface area (Å²) >= 11 is 0. The van der Waals surface area contributed by atoms with Crippen LogP contribution in [0.5, 0.6) is 0 Å². The highest BCUT2D eigenvalue weighted by molar-refractivity contribution is 7.89. The molecule has 0 bridgehead atoms. The lowest BCUT2D eigenvalue weighted by Gasteiger charge is -2.34. The molecule has 0 spiro atoms. The van der Waals surface area contributed by atoms with Crippen molar-refractivity contribution in [2.75, 3.05) is 26.2 Å². The van der Waals surface area contributed by atoms with Gasteiger partial charge < -0.3 is 4.57 Å². The third-order valence-corrected chi connectivity index (χ3v) is 7.92. The number of hydrogen-bond acceptors (Lipinski definition) is 3. The molecule has 1 aromatic heterocycles. The van der Waals surface area contributed by atoms with E-state index in [9.17, 15) is 8.42 Å². The molecule has 6 heteroatoms. The predicted octanol–water partition coefficient (Wildman–Crippen LogP) is 4.07. The molecule has 154 valence electrons. The molecule has 0 saturated carbocycles. The van der Waals surface area contributed by atoms with Gasteiger partial charge in [-0.2, -0.15) is 4.31 Å². The van der Waals surface area contributed by atoms with E-state index in [2.05, 4.69) is 58.0 Å². The van der Waals surface area contributed by atoms with E-state index in [0.717, 1.165) is 12.2 Å². The number of nitrogens with zero attached hydrogens (tertiary/aromatic N) is 3. The van der Waals surface area contributed by atoms with E-state index in [1.807, 2.05) is 19.1 Å². The van der Waals surface area contributed by atoms with Crippen molar-refractivity contribution in [2.24, 2.45) is 0 Å². The first-order chi connectivity index (χ1) is 14.5. The summed E-state index contributed by atoms with van der Waals surface area (Å²) in [6.45, 7) is 5.16. The largest absolute Gasteiger partial charge is 0.327 e. The fraction of sp³-hybridized carbons (Fsp3) is 0.250. The molecule has 5 rings (SSSR count). The highest BCUT2D eigenvalue weighted by atomic mass is 32.2. The lowest BCUT2D eigenvalue weighted by Crippen LogP contribution is -2.48. The maximum absolute atomic E-state index is 13.0. The maximum Gasteiger partial charge on any atom is 0.243 e. The first kappa shape index (κ1) is 19.3. The Bertz CT molecular complexity index is 1250. The molecule has 0 radical (unpaired) electrons. The highest BCUT2D eigenvalue weighted by Gasteiger charge is 2.28. The second kappa shape index (κ2) is 7.54. The average molecular weight is 420 g/mol. The van der Waals surface area contributed by atoms with Gasteiger partial charge in [-0.1, -0.05) is 54.1 Å². The number of piperazine rings is 1. The SMILES string of the molecule is Cc1ccc(S(=O)(=O)N2CCN(Cn3c4ccccc4c4ccccc43)CC2)cc1. The minimum Gasteiger partial charge on any atom is -0.327 e. The van der Waals surface area contributed by atoms with Crippen molar-refractivity contribution in [2.45, 2.75) is 18.5 Å². The Morgan fingerprint density at radius 3 is 1.83 bits per heavy atom. The van der Waals surface area contributed by atoms with Crippen molar-refractivity contribution in [3.05, 3.63) is 78.4 Å². The number of para-hydroxylation sites is 2. The molecule has 1 aliphatic rings. The molecular formula is C24H25N3O2S. The Kier molecular flexibility index (Phi) is 4.85. The number of fused-ring (bicyclic) bond motifs is 3. The number of sulfonamides is 1. The maximum atomic E-state index is 13.0. The standard InChI is InChI=1S/C24H25N3O2S/c1-19-10-12-20(13-11-19)30(28,29)26-16-14-25(15-17-26)18-27-23-8-4-2-6-21(23)22-7-3-5-9-24(22)27/h2-13H,14-18H2,1H3. The van der Waals surface area contributed by atoms with E-state index in [4.69, 9.17) is 0 Å². The Hall–Kier alpha value is -2.67. The van der Waals surface area contributed by atoms with E-state index in [1.54, 1.807) is 16.4 Å². The van der Waals surface area contributed by atoms with Crippen molar-refractivity contribution >= 4 is 31.8 Å². The van der Waals surface area contributed by atoms with Crippen LogP contribution in [0, 0.1) is 6.92 Å². The van der Waals surface area contributed by atoms with Crippen LogP contribution in [0.1, 0.15) is 5.56 Å². The summed E-state index contributed by atoms with van der Waals surface area (Å²) in [7, 11) is -3.43. The Labute approximate surface area is 177 Å². The van der Waals surface area contributed by atoms with E-state index >= 15 is 0 Å². The molecule has 1 fully saturated rings. The van der Waals surface area contributed by atoms with Gasteiger partial charge in [0.2, 0.25) is 10.0 Å². The third-order valence-electron chi connectivity index (χ3n) is 6.01. The van der Waals surface area contributed by atoms with E-state index in [0.29, 0.717) is 31.1 Å². The third kappa shape index (κ3) is 3.31. The van der Waals surface area contributed by atoms with Crippen LogP contribution in [0.3, 0.4) is 0 Å². The molecular weight excluding hydrogens is 394 g/mol. The normalized spacial score (nSPS) is 16.4. The molecule has 30 heavy (non-hydrogen) atoms. The fourth-order valence-corrected chi connectivity index (χ4v) is 5.75. The highest BCUT2D eigenvalue weighted by Crippen LogP contribution is 2.29. The fourth-order valence-electron chi connectivity index (χ4n) is 4.33. The van der Waals surface area contributed by atoms with Crippen molar-refractivity contribution in [1.29, 1.82) is 0 Å². The summed E-state index contributed by atoms with van der Waals surface area (Å²) in [5.41, 5.74) is 3.49. The molecule has 2 heterocycles. The van der Waals surface area contributed by atoms with Crippen LogP contribution in [0.15, 0.2) is 77.7 Å². The van der Waals surface area contributed by atoms with Crippen molar-refractivity contribution in [3.63, 3.8) is 0 Å². The molecule has 0 unspecified atom stereocenters. The Balaban J connectivity index is 1.36. The van der Waals surface area contributed by atoms with Crippen LogP contribution >= 0.6 is 0 Å². The van der Waals surface area contributed by atoms with E-state index in [-0.39, 0.29) is 0 Å². The first-order valence-electron chi connectivity index (χ1n) is 10.3. The zero-order valence-corrected chi connectivity index (χ0v) is 17.8. The second-order valence-electron chi connectivity index (χ2n) is 7.94. The molecule has 0 atom stereocenters. The van der Waals surface area contributed by atoms with Gasteiger partial charge in [0.15, 0.2) is 0 Å². The second-order valence-corrected chi connectivity index (χ2v) is 9.88. The average Bonchev–Trinajstić information content (AvgIpc) is 3.09. The van der Waals surface area contributed by atoms with Gasteiger partial charge in [0.05, 0.1) is 22.6 Å². The number of hydrogen-bond donors (Lipinski definition) is 0. The number of benzene rings is 3. The van der Waals surface area contributed by atoms with E-state index in [1.165, 1.54) is 21.8 Å². The quantitative estimate of drug-likeness (QED) is 0.501. The molecule has 0 N–H and O–H groups in total. The van der Waals surface area contributed by atoms with Gasteiger partial charge in [0, 0.05) is 37.0 Å². The molecule has 5 nitrogen and oxygen atoms in total. The summed E-state index contributed by atoms with van der Waals surface area (Å²) < 4.78 is 29.9. The number of rotatable bonds is 4. The van der Waals surface area contributed by atoms with Crippen molar-refractivity contribution in [3.8, 4) is 0 Å². The summed E-state index contributed by atoms with van der Waals surface area (Å²) in [5.74, 6) is 0. The summed E-state index contributed by atoms with van der Waals surface area (Å²) in [6.07, 6.45) is 0. The van der Waals surface area contributed by atoms with Gasteiger partial charge in [-0.25, -0.2) is 8.42 Å². The van der Waals surface area contributed by atoms with E-state index < -0.39 is 10.0 Å².